The minimum Gasteiger partial charge on any atom is -0.347 e. The molecule has 2 N–H and O–H groups in total. The van der Waals surface area contributed by atoms with E-state index in [1.807, 2.05) is 35.2 Å². The molecule has 3 heterocycles. The number of hydrogen-bond acceptors (Lipinski definition) is 6. The number of fused-ring (bicyclic) bond motifs is 1. The average molecular weight is 408 g/mol. The molecule has 0 bridgehead atoms. The van der Waals surface area contributed by atoms with Crippen LogP contribution >= 0.6 is 11.8 Å². The van der Waals surface area contributed by atoms with E-state index in [-0.39, 0.29) is 30.2 Å². The van der Waals surface area contributed by atoms with Crippen molar-refractivity contribution in [1.82, 2.24) is 15.5 Å². The number of nitrogens with zero attached hydrogens (tertiary/aromatic N) is 2. The molecule has 1 unspecified atom stereocenters. The van der Waals surface area contributed by atoms with Gasteiger partial charge in [0.1, 0.15) is 0 Å². The molecule has 4 rings (SSSR count). The van der Waals surface area contributed by atoms with Gasteiger partial charge < -0.3 is 15.5 Å². The molecule has 0 radical (unpaired) electrons. The number of ketones is 1. The Kier molecular flexibility index (Phi) is 5.35. The first kappa shape index (κ1) is 19.2. The summed E-state index contributed by atoms with van der Waals surface area (Å²) in [5, 5.41) is 6.52. The lowest BCUT2D eigenvalue weighted by atomic mass is 9.96. The first-order valence-corrected chi connectivity index (χ1v) is 10.1. The van der Waals surface area contributed by atoms with Crippen molar-refractivity contribution in [3.05, 3.63) is 69.4 Å². The summed E-state index contributed by atoms with van der Waals surface area (Å²) in [6, 6.07) is 9.66. The first-order chi connectivity index (χ1) is 14.0. The normalized spacial score (nSPS) is 20.9. The number of amides is 2. The molecular weight excluding hydrogens is 388 g/mol. The van der Waals surface area contributed by atoms with Crippen molar-refractivity contribution in [2.75, 3.05) is 6.67 Å². The zero-order valence-electron chi connectivity index (χ0n) is 15.8. The van der Waals surface area contributed by atoms with E-state index < -0.39 is 0 Å². The second kappa shape index (κ2) is 8.08. The molecule has 148 valence electrons. The number of Topliss-reactive ketones (excluding diaryl/α,β-unsaturated/α-hetero) is 1. The van der Waals surface area contributed by atoms with E-state index in [4.69, 9.17) is 0 Å². The van der Waals surface area contributed by atoms with Gasteiger partial charge in [-0.2, -0.15) is 0 Å². The van der Waals surface area contributed by atoms with E-state index in [0.717, 1.165) is 16.3 Å². The van der Waals surface area contributed by atoms with Gasteiger partial charge in [-0.25, -0.2) is 0 Å². The second-order valence-corrected chi connectivity index (χ2v) is 7.90. The second-order valence-electron chi connectivity index (χ2n) is 6.90. The summed E-state index contributed by atoms with van der Waals surface area (Å²) < 4.78 is 0. The smallest absolute Gasteiger partial charge is 0.260 e. The summed E-state index contributed by atoms with van der Waals surface area (Å²) in [4.78, 5) is 43.6. The molecule has 3 aliphatic heterocycles. The van der Waals surface area contributed by atoms with Crippen LogP contribution in [0.5, 0.6) is 0 Å². The molecule has 3 aliphatic rings. The monoisotopic (exact) mass is 408 g/mol. The molecule has 1 aromatic carbocycles. The van der Waals surface area contributed by atoms with E-state index >= 15 is 0 Å². The minimum atomic E-state index is -0.377. The topological polar surface area (TPSA) is 90.9 Å². The average Bonchev–Trinajstić information content (AvgIpc) is 3.10. The van der Waals surface area contributed by atoms with Crippen LogP contribution in [0.3, 0.4) is 0 Å². The molecule has 0 spiro atoms. The summed E-state index contributed by atoms with van der Waals surface area (Å²) in [5.74, 6) is -0.826. The lowest BCUT2D eigenvalue weighted by Gasteiger charge is -2.30. The lowest BCUT2D eigenvalue weighted by molar-refractivity contribution is -0.119. The molecule has 1 aromatic rings. The van der Waals surface area contributed by atoms with Crippen LogP contribution in [0.15, 0.2) is 68.8 Å². The van der Waals surface area contributed by atoms with E-state index in [1.165, 1.54) is 18.0 Å². The van der Waals surface area contributed by atoms with Crippen molar-refractivity contribution in [2.24, 2.45) is 10.9 Å². The molecule has 7 nitrogen and oxygen atoms in total. The molecule has 2 amide bonds. The maximum atomic E-state index is 13.0. The van der Waals surface area contributed by atoms with Crippen LogP contribution in [0, 0.1) is 5.92 Å². The number of nitrogens with one attached hydrogen (secondary N) is 2. The summed E-state index contributed by atoms with van der Waals surface area (Å²) in [6.45, 7) is 2.42. The van der Waals surface area contributed by atoms with Crippen molar-refractivity contribution >= 4 is 35.6 Å². The molecule has 0 fully saturated rings. The molecule has 29 heavy (non-hydrogen) atoms. The van der Waals surface area contributed by atoms with Crippen LogP contribution in [0.2, 0.25) is 0 Å². The Hall–Kier alpha value is -3.13. The first-order valence-electron chi connectivity index (χ1n) is 9.28. The highest BCUT2D eigenvalue weighted by molar-refractivity contribution is 8.07. The summed E-state index contributed by atoms with van der Waals surface area (Å²) in [6.07, 6.45) is 5.03. The Morgan fingerprint density at radius 2 is 2.10 bits per heavy atom. The van der Waals surface area contributed by atoms with E-state index in [2.05, 4.69) is 15.6 Å². The number of carbonyl (C=O) groups is 3. The number of thioether (sulfide) groups is 1. The minimum absolute atomic E-state index is 0.0933. The Bertz CT molecular complexity index is 994. The predicted octanol–water partition coefficient (Wildman–Crippen LogP) is 2.06. The van der Waals surface area contributed by atoms with Crippen molar-refractivity contribution in [2.45, 2.75) is 19.9 Å². The predicted molar refractivity (Wildman–Crippen MR) is 111 cm³/mol. The van der Waals surface area contributed by atoms with Crippen molar-refractivity contribution in [3.63, 3.8) is 0 Å². The SMILES string of the molecule is CC1=C2SC(C(=O)NCc3ccccc3)=C(CC3C=CN=CC3=O)N2CNC1=O. The number of rotatable bonds is 5. The van der Waals surface area contributed by atoms with E-state index in [9.17, 15) is 14.4 Å². The summed E-state index contributed by atoms with van der Waals surface area (Å²) in [7, 11) is 0. The third-order valence-corrected chi connectivity index (χ3v) is 6.32. The van der Waals surface area contributed by atoms with Crippen molar-refractivity contribution < 1.29 is 14.4 Å². The Morgan fingerprint density at radius 3 is 2.86 bits per heavy atom. The highest BCUT2D eigenvalue weighted by Crippen LogP contribution is 2.46. The number of benzene rings is 1. The third-order valence-electron chi connectivity index (χ3n) is 4.98. The summed E-state index contributed by atoms with van der Waals surface area (Å²) in [5.41, 5.74) is 2.31. The van der Waals surface area contributed by atoms with Gasteiger partial charge >= 0.3 is 0 Å². The van der Waals surface area contributed by atoms with Gasteiger partial charge in [0.2, 0.25) is 0 Å². The zero-order chi connectivity index (χ0) is 20.4. The maximum Gasteiger partial charge on any atom is 0.260 e. The Balaban J connectivity index is 1.61. The van der Waals surface area contributed by atoms with Crippen LogP contribution in [-0.4, -0.2) is 35.4 Å². The van der Waals surface area contributed by atoms with Gasteiger partial charge in [-0.1, -0.05) is 48.2 Å². The van der Waals surface area contributed by atoms with Crippen LogP contribution < -0.4 is 10.6 Å². The molecule has 0 saturated carbocycles. The maximum absolute atomic E-state index is 13.0. The molecule has 0 saturated heterocycles. The molecule has 0 aliphatic carbocycles. The molecular formula is C21H20N4O3S. The number of aliphatic imine (C=N–C) groups is 1. The van der Waals surface area contributed by atoms with Gasteiger partial charge in [0, 0.05) is 36.4 Å². The van der Waals surface area contributed by atoms with Crippen LogP contribution in [0.25, 0.3) is 0 Å². The summed E-state index contributed by atoms with van der Waals surface area (Å²) >= 11 is 1.29. The van der Waals surface area contributed by atoms with E-state index in [1.54, 1.807) is 19.2 Å². The number of carbonyl (C=O) groups excluding carboxylic acids is 3. The highest BCUT2D eigenvalue weighted by atomic mass is 32.2. The highest BCUT2D eigenvalue weighted by Gasteiger charge is 2.38. The third kappa shape index (κ3) is 3.88. The standard InChI is InChI=1S/C21H20N4O3S/c1-13-19(27)24-12-25-16(9-15-7-8-22-11-17(15)26)18(29-21(13)25)20(28)23-10-14-5-3-2-4-6-14/h2-8,11,15H,9-10,12H2,1H3,(H,23,28)(H,24,27). The lowest BCUT2D eigenvalue weighted by Crippen LogP contribution is -2.41. The Labute approximate surface area is 172 Å². The number of allylic oxidation sites excluding steroid dienone is 2. The molecule has 1 atom stereocenters. The van der Waals surface area contributed by atoms with E-state index in [0.29, 0.717) is 23.4 Å². The van der Waals surface area contributed by atoms with Gasteiger partial charge in [-0.3, -0.25) is 19.4 Å². The van der Waals surface area contributed by atoms with Gasteiger partial charge in [-0.05, 0) is 12.5 Å². The fourth-order valence-electron chi connectivity index (χ4n) is 3.36. The van der Waals surface area contributed by atoms with Gasteiger partial charge in [0.25, 0.3) is 11.8 Å². The van der Waals surface area contributed by atoms with Crippen molar-refractivity contribution in [1.29, 1.82) is 0 Å². The number of hydrogen-bond donors (Lipinski definition) is 2. The molecule has 8 heteroatoms. The fraction of sp³-hybridized carbons (Fsp3) is 0.238. The van der Waals surface area contributed by atoms with Gasteiger partial charge in [-0.15, -0.1) is 0 Å². The van der Waals surface area contributed by atoms with Gasteiger partial charge in [0.05, 0.1) is 22.8 Å². The largest absolute Gasteiger partial charge is 0.347 e. The quantitative estimate of drug-likeness (QED) is 0.778. The van der Waals surface area contributed by atoms with Crippen LogP contribution in [-0.2, 0) is 20.9 Å². The van der Waals surface area contributed by atoms with Crippen molar-refractivity contribution in [3.8, 4) is 0 Å². The zero-order valence-corrected chi connectivity index (χ0v) is 16.7. The molecule has 0 aromatic heterocycles. The van der Waals surface area contributed by atoms with Gasteiger partial charge in [0.15, 0.2) is 5.78 Å². The van der Waals surface area contributed by atoms with Crippen LogP contribution in [0.1, 0.15) is 18.9 Å². The Morgan fingerprint density at radius 1 is 1.31 bits per heavy atom. The van der Waals surface area contributed by atoms with Crippen LogP contribution in [0.4, 0.5) is 0 Å². The fourth-order valence-corrected chi connectivity index (χ4v) is 4.56.